The first-order valence-electron chi connectivity index (χ1n) is 7.72. The van der Waals surface area contributed by atoms with Crippen LogP contribution in [0, 0.1) is 17.2 Å². The van der Waals surface area contributed by atoms with Gasteiger partial charge in [-0.1, -0.05) is 19.8 Å². The molecule has 0 aromatic carbocycles. The molecule has 3 unspecified atom stereocenters. The molecule has 0 amide bonds. The fourth-order valence-electron chi connectivity index (χ4n) is 3.76. The van der Waals surface area contributed by atoms with Crippen molar-refractivity contribution in [2.75, 3.05) is 19.6 Å². The standard InChI is InChI=1S/C15H27N3/c1-2-17-14(12-16)9-11-18-10-5-7-13-6-3-4-8-15(13)18/h13-15,17H,2-11H2,1H3. The van der Waals surface area contributed by atoms with Crippen LogP contribution in [0.5, 0.6) is 0 Å². The van der Waals surface area contributed by atoms with Crippen LogP contribution in [0.4, 0.5) is 0 Å². The van der Waals surface area contributed by atoms with Crippen molar-refractivity contribution in [2.45, 2.75) is 64.0 Å². The second kappa shape index (κ2) is 7.11. The molecule has 0 aromatic rings. The van der Waals surface area contributed by atoms with Gasteiger partial charge in [0.15, 0.2) is 0 Å². The topological polar surface area (TPSA) is 39.1 Å². The quantitative estimate of drug-likeness (QED) is 0.814. The molecule has 3 nitrogen and oxygen atoms in total. The van der Waals surface area contributed by atoms with Gasteiger partial charge in [-0.3, -0.25) is 0 Å². The van der Waals surface area contributed by atoms with Crippen molar-refractivity contribution in [1.29, 1.82) is 5.26 Å². The molecule has 0 aromatic heterocycles. The zero-order valence-electron chi connectivity index (χ0n) is 11.7. The SMILES string of the molecule is CCNC(C#N)CCN1CCCC2CCCCC21. The molecule has 2 aliphatic rings. The predicted molar refractivity (Wildman–Crippen MR) is 74.2 cm³/mol. The van der Waals surface area contributed by atoms with Gasteiger partial charge in [0.05, 0.1) is 12.1 Å². The number of piperidine rings is 1. The molecule has 2 rings (SSSR count). The average molecular weight is 249 g/mol. The number of hydrogen-bond acceptors (Lipinski definition) is 3. The van der Waals surface area contributed by atoms with E-state index in [2.05, 4.69) is 23.2 Å². The molecule has 1 aliphatic carbocycles. The van der Waals surface area contributed by atoms with E-state index >= 15 is 0 Å². The van der Waals surface area contributed by atoms with Crippen molar-refractivity contribution in [3.8, 4) is 6.07 Å². The minimum absolute atomic E-state index is 0.0407. The molecule has 18 heavy (non-hydrogen) atoms. The maximum Gasteiger partial charge on any atom is 0.0965 e. The molecule has 0 bridgehead atoms. The Kier molecular flexibility index (Phi) is 5.46. The molecule has 102 valence electrons. The molecular weight excluding hydrogens is 222 g/mol. The second-order valence-corrected chi connectivity index (χ2v) is 5.82. The minimum atomic E-state index is 0.0407. The van der Waals surface area contributed by atoms with Crippen molar-refractivity contribution < 1.29 is 0 Å². The average Bonchev–Trinajstić information content (AvgIpc) is 2.43. The second-order valence-electron chi connectivity index (χ2n) is 5.82. The summed E-state index contributed by atoms with van der Waals surface area (Å²) < 4.78 is 0. The molecule has 1 N–H and O–H groups in total. The maximum atomic E-state index is 9.09. The van der Waals surface area contributed by atoms with Crippen LogP contribution in [0.2, 0.25) is 0 Å². The van der Waals surface area contributed by atoms with Crippen LogP contribution < -0.4 is 5.32 Å². The zero-order chi connectivity index (χ0) is 12.8. The first-order valence-corrected chi connectivity index (χ1v) is 7.72. The van der Waals surface area contributed by atoms with Crippen molar-refractivity contribution in [3.05, 3.63) is 0 Å². The van der Waals surface area contributed by atoms with Crippen LogP contribution in [0.25, 0.3) is 0 Å². The van der Waals surface area contributed by atoms with Gasteiger partial charge in [0, 0.05) is 12.6 Å². The highest BCUT2D eigenvalue weighted by Gasteiger charge is 2.32. The lowest BCUT2D eigenvalue weighted by Crippen LogP contribution is -2.48. The summed E-state index contributed by atoms with van der Waals surface area (Å²) in [6.07, 6.45) is 9.46. The monoisotopic (exact) mass is 249 g/mol. The normalized spacial score (nSPS) is 30.4. The van der Waals surface area contributed by atoms with Crippen LogP contribution in [0.3, 0.4) is 0 Å². The molecule has 1 heterocycles. The smallest absolute Gasteiger partial charge is 0.0965 e. The number of nitrogens with zero attached hydrogens (tertiary/aromatic N) is 2. The third kappa shape index (κ3) is 3.46. The molecule has 1 saturated carbocycles. The molecule has 3 atom stereocenters. The Morgan fingerprint density at radius 1 is 1.28 bits per heavy atom. The van der Waals surface area contributed by atoms with E-state index in [4.69, 9.17) is 5.26 Å². The van der Waals surface area contributed by atoms with Gasteiger partial charge in [-0.25, -0.2) is 0 Å². The number of rotatable bonds is 5. The third-order valence-electron chi connectivity index (χ3n) is 4.67. The van der Waals surface area contributed by atoms with Gasteiger partial charge in [0.1, 0.15) is 0 Å². The summed E-state index contributed by atoms with van der Waals surface area (Å²) in [5.74, 6) is 0.951. The van der Waals surface area contributed by atoms with E-state index < -0.39 is 0 Å². The first kappa shape index (κ1) is 13.8. The van der Waals surface area contributed by atoms with Gasteiger partial charge in [-0.2, -0.15) is 5.26 Å². The van der Waals surface area contributed by atoms with E-state index in [1.54, 1.807) is 0 Å². The molecule has 0 radical (unpaired) electrons. The Morgan fingerprint density at radius 3 is 2.83 bits per heavy atom. The van der Waals surface area contributed by atoms with Gasteiger partial charge in [-0.15, -0.1) is 0 Å². The number of hydrogen-bond donors (Lipinski definition) is 1. The summed E-state index contributed by atoms with van der Waals surface area (Å²) in [7, 11) is 0. The zero-order valence-corrected chi connectivity index (χ0v) is 11.7. The van der Waals surface area contributed by atoms with E-state index in [0.717, 1.165) is 31.5 Å². The van der Waals surface area contributed by atoms with E-state index in [0.29, 0.717) is 0 Å². The fourth-order valence-corrected chi connectivity index (χ4v) is 3.76. The highest BCUT2D eigenvalue weighted by molar-refractivity contribution is 4.92. The maximum absolute atomic E-state index is 9.09. The lowest BCUT2D eigenvalue weighted by atomic mass is 9.78. The van der Waals surface area contributed by atoms with Crippen LogP contribution in [0.15, 0.2) is 0 Å². The Labute approximate surface area is 112 Å². The van der Waals surface area contributed by atoms with Gasteiger partial charge in [0.2, 0.25) is 0 Å². The molecular formula is C15H27N3. The number of nitrogens with one attached hydrogen (secondary N) is 1. The van der Waals surface area contributed by atoms with E-state index in [1.165, 1.54) is 45.1 Å². The molecule has 2 fully saturated rings. The lowest BCUT2D eigenvalue weighted by Gasteiger charge is -2.44. The number of fused-ring (bicyclic) bond motifs is 1. The molecule has 0 spiro atoms. The van der Waals surface area contributed by atoms with Gasteiger partial charge in [-0.05, 0) is 51.1 Å². The summed E-state index contributed by atoms with van der Waals surface area (Å²) in [5.41, 5.74) is 0. The van der Waals surface area contributed by atoms with Crippen molar-refractivity contribution in [1.82, 2.24) is 10.2 Å². The Hall–Kier alpha value is -0.590. The highest BCUT2D eigenvalue weighted by Crippen LogP contribution is 2.35. The van der Waals surface area contributed by atoms with E-state index in [-0.39, 0.29) is 6.04 Å². The van der Waals surface area contributed by atoms with Crippen LogP contribution >= 0.6 is 0 Å². The van der Waals surface area contributed by atoms with Gasteiger partial charge >= 0.3 is 0 Å². The number of nitriles is 1. The Balaban J connectivity index is 1.82. The Bertz CT molecular complexity index is 282. The van der Waals surface area contributed by atoms with Gasteiger partial charge < -0.3 is 10.2 Å². The molecule has 3 heteroatoms. The van der Waals surface area contributed by atoms with Crippen molar-refractivity contribution >= 4 is 0 Å². The summed E-state index contributed by atoms with van der Waals surface area (Å²) in [4.78, 5) is 2.68. The summed E-state index contributed by atoms with van der Waals surface area (Å²) in [6.45, 7) is 5.32. The highest BCUT2D eigenvalue weighted by atomic mass is 15.2. The largest absolute Gasteiger partial charge is 0.302 e. The summed E-state index contributed by atoms with van der Waals surface area (Å²) >= 11 is 0. The molecule has 1 aliphatic heterocycles. The van der Waals surface area contributed by atoms with E-state index in [9.17, 15) is 0 Å². The predicted octanol–water partition coefficient (Wildman–Crippen LogP) is 2.53. The van der Waals surface area contributed by atoms with Gasteiger partial charge in [0.25, 0.3) is 0 Å². The van der Waals surface area contributed by atoms with Crippen molar-refractivity contribution in [2.24, 2.45) is 5.92 Å². The summed E-state index contributed by atoms with van der Waals surface area (Å²) in [5, 5.41) is 12.3. The fraction of sp³-hybridized carbons (Fsp3) is 0.933. The third-order valence-corrected chi connectivity index (χ3v) is 4.67. The number of likely N-dealkylation sites (tertiary alicyclic amines) is 1. The van der Waals surface area contributed by atoms with Crippen LogP contribution in [0.1, 0.15) is 51.9 Å². The lowest BCUT2D eigenvalue weighted by molar-refractivity contribution is 0.0589. The van der Waals surface area contributed by atoms with Crippen molar-refractivity contribution in [3.63, 3.8) is 0 Å². The molecule has 1 saturated heterocycles. The minimum Gasteiger partial charge on any atom is -0.302 e. The summed E-state index contributed by atoms with van der Waals surface area (Å²) in [6, 6.07) is 3.24. The first-order chi connectivity index (χ1) is 8.85. The van der Waals surface area contributed by atoms with Crippen LogP contribution in [-0.4, -0.2) is 36.6 Å². The Morgan fingerprint density at radius 2 is 2.06 bits per heavy atom. The van der Waals surface area contributed by atoms with Crippen LogP contribution in [-0.2, 0) is 0 Å². The van der Waals surface area contributed by atoms with E-state index in [1.807, 2.05) is 0 Å².